The van der Waals surface area contributed by atoms with Crippen LogP contribution >= 0.6 is 24.4 Å². The molecule has 0 aliphatic heterocycles. The first-order valence-electron chi connectivity index (χ1n) is 1.16. The Balaban J connectivity index is 0. The second-order valence-corrected chi connectivity index (χ2v) is 1.47. The molecule has 43 valence electrons. The molecule has 2 N–H and O–H groups in total. The molecular formula is C2H2CuN2S2. The van der Waals surface area contributed by atoms with Gasteiger partial charge in [-0.3, -0.25) is 0 Å². The van der Waals surface area contributed by atoms with E-state index in [0.717, 1.165) is 0 Å². The Morgan fingerprint density at radius 2 is 1.14 bits per heavy atom. The van der Waals surface area contributed by atoms with Crippen molar-refractivity contribution < 1.29 is 17.1 Å². The first-order chi connectivity index (χ1) is 2.64. The predicted octanol–water partition coefficient (Wildman–Crippen LogP) is 1.74. The van der Waals surface area contributed by atoms with Crippen LogP contribution in [-0.4, -0.2) is 9.98 Å². The van der Waals surface area contributed by atoms with Crippen molar-refractivity contribution in [3.05, 3.63) is 11.5 Å². The quantitative estimate of drug-likeness (QED) is 0.422. The zero-order valence-corrected chi connectivity index (χ0v) is 5.69. The molecule has 7 heavy (non-hydrogen) atoms. The van der Waals surface area contributed by atoms with E-state index < -0.39 is 0 Å². The minimum Gasteiger partial charge on any atom is -0.690 e. The van der Waals surface area contributed by atoms with Gasteiger partial charge in [-0.05, 0) is 0 Å². The van der Waals surface area contributed by atoms with Crippen LogP contribution in [0.3, 0.4) is 0 Å². The first-order valence-corrected chi connectivity index (χ1v) is 1.97. The molecule has 0 aliphatic carbocycles. The van der Waals surface area contributed by atoms with Crippen molar-refractivity contribution in [2.75, 3.05) is 0 Å². The molecule has 0 saturated heterocycles. The number of hydrogen-bond donors (Lipinski definition) is 0. The number of rotatable bonds is 0. The molecule has 0 saturated carbocycles. The normalized spacial score (nSPS) is 6.29. The van der Waals surface area contributed by atoms with Crippen molar-refractivity contribution in [1.82, 2.24) is 0 Å². The van der Waals surface area contributed by atoms with Crippen LogP contribution in [0.4, 0.5) is 0 Å². The Bertz CT molecular complexity index is 79.7. The van der Waals surface area contributed by atoms with Gasteiger partial charge in [0.1, 0.15) is 0 Å². The SMILES string of the molecule is [Cu+2].[NH-]C(=S)C([NH-])=S. The number of nitrogens with one attached hydrogen (secondary N) is 2. The monoisotopic (exact) mass is 181 g/mol. The van der Waals surface area contributed by atoms with Crippen molar-refractivity contribution in [3.8, 4) is 0 Å². The van der Waals surface area contributed by atoms with Gasteiger partial charge in [-0.2, -0.15) is 0 Å². The van der Waals surface area contributed by atoms with E-state index in [4.69, 9.17) is 11.5 Å². The minimum atomic E-state index is -0.259. The van der Waals surface area contributed by atoms with Crippen LogP contribution in [0.25, 0.3) is 11.5 Å². The summed E-state index contributed by atoms with van der Waals surface area (Å²) in [5.41, 5.74) is 12.9. The molecule has 5 heteroatoms. The molecule has 0 fully saturated rings. The molecule has 0 unspecified atom stereocenters. The van der Waals surface area contributed by atoms with E-state index in [9.17, 15) is 0 Å². The fourth-order valence-corrected chi connectivity index (χ4v) is 0. The van der Waals surface area contributed by atoms with Crippen molar-refractivity contribution in [1.29, 1.82) is 0 Å². The van der Waals surface area contributed by atoms with Crippen molar-refractivity contribution in [2.24, 2.45) is 0 Å². The van der Waals surface area contributed by atoms with Gasteiger partial charge >= 0.3 is 17.1 Å². The molecule has 2 nitrogen and oxygen atoms in total. The van der Waals surface area contributed by atoms with E-state index in [0.29, 0.717) is 0 Å². The molecule has 0 aliphatic rings. The first kappa shape index (κ1) is 10.3. The molecule has 0 atom stereocenters. The molecule has 0 amide bonds. The molecular weight excluding hydrogens is 180 g/mol. The number of thiocarbonyl (C=S) groups is 2. The smallest absolute Gasteiger partial charge is 0.690 e. The Morgan fingerprint density at radius 3 is 1.14 bits per heavy atom. The largest absolute Gasteiger partial charge is 2.00 e. The van der Waals surface area contributed by atoms with Crippen LogP contribution in [0.2, 0.25) is 0 Å². The van der Waals surface area contributed by atoms with E-state index in [-0.39, 0.29) is 27.0 Å². The predicted molar refractivity (Wildman–Crippen MR) is 33.8 cm³/mol. The molecule has 0 heterocycles. The van der Waals surface area contributed by atoms with Crippen molar-refractivity contribution in [3.63, 3.8) is 0 Å². The van der Waals surface area contributed by atoms with Crippen molar-refractivity contribution >= 4 is 34.4 Å². The summed E-state index contributed by atoms with van der Waals surface area (Å²) in [5.74, 6) is 0. The molecule has 0 bridgehead atoms. The maximum atomic E-state index is 6.44. The summed E-state index contributed by atoms with van der Waals surface area (Å²) in [7, 11) is 0. The van der Waals surface area contributed by atoms with E-state index in [1.165, 1.54) is 0 Å². The Kier molecular flexibility index (Phi) is 6.57. The van der Waals surface area contributed by atoms with E-state index in [2.05, 4.69) is 24.4 Å². The van der Waals surface area contributed by atoms with Gasteiger partial charge in [-0.25, -0.2) is 0 Å². The van der Waals surface area contributed by atoms with Crippen LogP contribution in [-0.2, 0) is 17.1 Å². The summed E-state index contributed by atoms with van der Waals surface area (Å²) in [6, 6.07) is 0. The van der Waals surface area contributed by atoms with Gasteiger partial charge in [0.05, 0.1) is 0 Å². The fourth-order valence-electron chi connectivity index (χ4n) is 0. The van der Waals surface area contributed by atoms with Crippen LogP contribution < -0.4 is 0 Å². The molecule has 0 aromatic rings. The van der Waals surface area contributed by atoms with Gasteiger partial charge in [0, 0.05) is 0 Å². The fraction of sp³-hybridized carbons (Fsp3) is 0. The van der Waals surface area contributed by atoms with E-state index in [1.807, 2.05) is 0 Å². The molecule has 0 rings (SSSR count). The van der Waals surface area contributed by atoms with Gasteiger partial charge < -0.3 is 11.5 Å². The topological polar surface area (TPSA) is 47.6 Å². The van der Waals surface area contributed by atoms with Crippen LogP contribution in [0, 0.1) is 0 Å². The van der Waals surface area contributed by atoms with Gasteiger partial charge in [-0.15, -0.1) is 24.4 Å². The van der Waals surface area contributed by atoms with E-state index >= 15 is 0 Å². The third-order valence-electron chi connectivity index (χ3n) is 0.206. The maximum Gasteiger partial charge on any atom is 2.00 e. The summed E-state index contributed by atoms with van der Waals surface area (Å²) in [4.78, 5) is -0.519. The standard InChI is InChI=1S/C2H4N2S2.Cu/c3-1(5)2(4)6;/h(H4,3,4,5,6);/q;+2/p-2. The van der Waals surface area contributed by atoms with Gasteiger partial charge in [-0.1, -0.05) is 9.98 Å². The summed E-state index contributed by atoms with van der Waals surface area (Å²) in [6.07, 6.45) is 0. The zero-order valence-electron chi connectivity index (χ0n) is 3.12. The molecule has 1 radical (unpaired) electrons. The van der Waals surface area contributed by atoms with Crippen LogP contribution in [0.5, 0.6) is 0 Å². The van der Waals surface area contributed by atoms with Crippen molar-refractivity contribution in [2.45, 2.75) is 0 Å². The third kappa shape index (κ3) is 6.30. The Morgan fingerprint density at radius 1 is 1.00 bits per heavy atom. The van der Waals surface area contributed by atoms with Crippen LogP contribution in [0.15, 0.2) is 0 Å². The minimum absolute atomic E-state index is 0. The average molecular weight is 182 g/mol. The summed E-state index contributed by atoms with van der Waals surface area (Å²) in [6.45, 7) is 0. The van der Waals surface area contributed by atoms with Gasteiger partial charge in [0.25, 0.3) is 0 Å². The summed E-state index contributed by atoms with van der Waals surface area (Å²) < 4.78 is 0. The molecule has 0 aromatic carbocycles. The maximum absolute atomic E-state index is 6.44. The molecule has 0 aromatic heterocycles. The Hall–Kier alpha value is 0.299. The second kappa shape index (κ2) is 4.46. The molecule has 0 spiro atoms. The second-order valence-electron chi connectivity index (χ2n) is 0.658. The van der Waals surface area contributed by atoms with Gasteiger partial charge in [0.2, 0.25) is 0 Å². The van der Waals surface area contributed by atoms with Gasteiger partial charge in [0.15, 0.2) is 0 Å². The number of hydrogen-bond acceptors (Lipinski definition) is 2. The third-order valence-corrected chi connectivity index (χ3v) is 0.744. The Labute approximate surface area is 63.1 Å². The average Bonchev–Trinajstić information content (AvgIpc) is 1.36. The summed E-state index contributed by atoms with van der Waals surface area (Å²) >= 11 is 8.31. The van der Waals surface area contributed by atoms with E-state index in [1.54, 1.807) is 0 Å². The van der Waals surface area contributed by atoms with Crippen LogP contribution in [0.1, 0.15) is 0 Å². The zero-order chi connectivity index (χ0) is 5.15. The summed E-state index contributed by atoms with van der Waals surface area (Å²) in [5, 5.41) is 0.